The van der Waals surface area contributed by atoms with E-state index in [0.29, 0.717) is 18.5 Å². The lowest BCUT2D eigenvalue weighted by Gasteiger charge is -2.41. The van der Waals surface area contributed by atoms with Gasteiger partial charge in [-0.3, -0.25) is 10.1 Å². The van der Waals surface area contributed by atoms with Crippen molar-refractivity contribution in [1.29, 1.82) is 0 Å². The van der Waals surface area contributed by atoms with Gasteiger partial charge in [-0.1, -0.05) is 6.92 Å². The molecule has 6 heteroatoms. The second kappa shape index (κ2) is 6.04. The molecule has 1 aromatic rings. The molecule has 1 fully saturated rings. The third kappa shape index (κ3) is 3.00. The van der Waals surface area contributed by atoms with Crippen molar-refractivity contribution in [2.45, 2.75) is 25.8 Å². The van der Waals surface area contributed by atoms with E-state index in [4.69, 9.17) is 5.73 Å². The Morgan fingerprint density at radius 2 is 2.32 bits per heavy atom. The van der Waals surface area contributed by atoms with Crippen molar-refractivity contribution >= 4 is 34.0 Å². The highest BCUT2D eigenvalue weighted by atomic mass is 127. The van der Waals surface area contributed by atoms with Crippen molar-refractivity contribution < 1.29 is 4.92 Å². The average molecular weight is 375 g/mol. The maximum atomic E-state index is 10.8. The summed E-state index contributed by atoms with van der Waals surface area (Å²) in [5, 5.41) is 10.8. The van der Waals surface area contributed by atoms with Gasteiger partial charge < -0.3 is 10.6 Å². The molecule has 5 nitrogen and oxygen atoms in total. The third-order valence-corrected chi connectivity index (χ3v) is 4.67. The van der Waals surface area contributed by atoms with Gasteiger partial charge in [0, 0.05) is 34.8 Å². The number of anilines is 1. The first-order valence-corrected chi connectivity index (χ1v) is 7.53. The van der Waals surface area contributed by atoms with Gasteiger partial charge in [0.05, 0.1) is 10.6 Å². The number of piperidine rings is 1. The number of hydrogen-bond acceptors (Lipinski definition) is 4. The number of nitro benzene ring substituents is 1. The van der Waals surface area contributed by atoms with Gasteiger partial charge in [-0.2, -0.15) is 0 Å². The Balaban J connectivity index is 2.32. The Labute approximate surface area is 126 Å². The Hall–Kier alpha value is -0.890. The molecule has 1 saturated heterocycles. The summed E-state index contributed by atoms with van der Waals surface area (Å²) in [4.78, 5) is 12.7. The average Bonchev–Trinajstić information content (AvgIpc) is 2.38. The van der Waals surface area contributed by atoms with Crippen molar-refractivity contribution in [2.75, 3.05) is 18.0 Å². The van der Waals surface area contributed by atoms with Crippen LogP contribution in [-0.2, 0) is 0 Å². The van der Waals surface area contributed by atoms with Crippen LogP contribution < -0.4 is 10.6 Å². The van der Waals surface area contributed by atoms with Crippen LogP contribution in [0, 0.1) is 19.6 Å². The second-order valence-corrected chi connectivity index (χ2v) is 6.17. The number of hydrogen-bond donors (Lipinski definition) is 1. The summed E-state index contributed by atoms with van der Waals surface area (Å²) in [7, 11) is 0. The van der Waals surface area contributed by atoms with E-state index in [0.717, 1.165) is 22.2 Å². The summed E-state index contributed by atoms with van der Waals surface area (Å²) in [5.41, 5.74) is 7.10. The number of rotatable bonds is 3. The third-order valence-electron chi connectivity index (χ3n) is 3.81. The lowest BCUT2D eigenvalue weighted by Crippen LogP contribution is -2.49. The molecule has 0 aliphatic carbocycles. The molecule has 0 radical (unpaired) electrons. The molecule has 2 unspecified atom stereocenters. The fraction of sp³-hybridized carbons (Fsp3) is 0.538. The molecule has 0 amide bonds. The Kier molecular flexibility index (Phi) is 4.62. The lowest BCUT2D eigenvalue weighted by atomic mass is 9.90. The van der Waals surface area contributed by atoms with E-state index in [2.05, 4.69) is 34.4 Å². The fourth-order valence-corrected chi connectivity index (χ4v) is 3.56. The maximum absolute atomic E-state index is 10.8. The van der Waals surface area contributed by atoms with Gasteiger partial charge in [0.15, 0.2) is 0 Å². The molecule has 2 rings (SSSR count). The van der Waals surface area contributed by atoms with E-state index >= 15 is 0 Å². The van der Waals surface area contributed by atoms with Gasteiger partial charge in [-0.05, 0) is 47.4 Å². The molecule has 1 heterocycles. The summed E-state index contributed by atoms with van der Waals surface area (Å²) in [6.07, 6.45) is 2.34. The number of nitro groups is 1. The van der Waals surface area contributed by atoms with Gasteiger partial charge in [-0.15, -0.1) is 0 Å². The van der Waals surface area contributed by atoms with Gasteiger partial charge >= 0.3 is 0 Å². The molecule has 19 heavy (non-hydrogen) atoms. The molecule has 1 aromatic carbocycles. The Morgan fingerprint density at radius 1 is 1.58 bits per heavy atom. The van der Waals surface area contributed by atoms with Gasteiger partial charge in [-0.25, -0.2) is 0 Å². The standard InChI is InChI=1S/C13H18IN3O2/c1-9-3-2-6-16(13(9)8-15)12-5-4-10(17(18)19)7-11(12)14/h4-5,7,9,13H,2-3,6,8,15H2,1H3. The van der Waals surface area contributed by atoms with E-state index in [1.165, 1.54) is 6.42 Å². The molecule has 1 aliphatic rings. The van der Waals surface area contributed by atoms with Crippen LogP contribution in [0.3, 0.4) is 0 Å². The largest absolute Gasteiger partial charge is 0.366 e. The summed E-state index contributed by atoms with van der Waals surface area (Å²) in [6, 6.07) is 5.37. The summed E-state index contributed by atoms with van der Waals surface area (Å²) in [6.45, 7) is 3.82. The molecule has 0 saturated carbocycles. The van der Waals surface area contributed by atoms with Crippen molar-refractivity contribution in [3.63, 3.8) is 0 Å². The zero-order chi connectivity index (χ0) is 14.0. The van der Waals surface area contributed by atoms with Crippen LogP contribution in [0.15, 0.2) is 18.2 Å². The smallest absolute Gasteiger partial charge is 0.270 e. The summed E-state index contributed by atoms with van der Waals surface area (Å²) < 4.78 is 0.916. The predicted molar refractivity (Wildman–Crippen MR) is 84.4 cm³/mol. The molecule has 2 N–H and O–H groups in total. The molecular formula is C13H18IN3O2. The van der Waals surface area contributed by atoms with Crippen LogP contribution in [0.25, 0.3) is 0 Å². The van der Waals surface area contributed by atoms with E-state index < -0.39 is 0 Å². The monoisotopic (exact) mass is 375 g/mol. The maximum Gasteiger partial charge on any atom is 0.270 e. The fourth-order valence-electron chi connectivity index (χ4n) is 2.75. The number of nitrogens with zero attached hydrogens (tertiary/aromatic N) is 2. The lowest BCUT2D eigenvalue weighted by molar-refractivity contribution is -0.384. The van der Waals surface area contributed by atoms with Crippen LogP contribution >= 0.6 is 22.6 Å². The van der Waals surface area contributed by atoms with Gasteiger partial charge in [0.2, 0.25) is 0 Å². The first kappa shape index (κ1) is 14.5. The number of non-ortho nitro benzene ring substituents is 1. The van der Waals surface area contributed by atoms with Gasteiger partial charge in [0.25, 0.3) is 5.69 Å². The van der Waals surface area contributed by atoms with Gasteiger partial charge in [0.1, 0.15) is 0 Å². The highest BCUT2D eigenvalue weighted by Gasteiger charge is 2.28. The first-order chi connectivity index (χ1) is 9.04. The molecule has 104 valence electrons. The molecule has 0 aromatic heterocycles. The number of benzene rings is 1. The molecular weight excluding hydrogens is 357 g/mol. The molecule has 1 aliphatic heterocycles. The van der Waals surface area contributed by atoms with E-state index in [-0.39, 0.29) is 10.6 Å². The molecule has 2 atom stereocenters. The molecule has 0 bridgehead atoms. The zero-order valence-electron chi connectivity index (χ0n) is 10.9. The zero-order valence-corrected chi connectivity index (χ0v) is 13.0. The number of nitrogens with two attached hydrogens (primary N) is 1. The van der Waals surface area contributed by atoms with E-state index in [9.17, 15) is 10.1 Å². The minimum Gasteiger partial charge on any atom is -0.366 e. The van der Waals surface area contributed by atoms with E-state index in [1.54, 1.807) is 12.1 Å². The quantitative estimate of drug-likeness (QED) is 0.501. The van der Waals surface area contributed by atoms with Crippen LogP contribution in [0.4, 0.5) is 11.4 Å². The Morgan fingerprint density at radius 3 is 2.89 bits per heavy atom. The SMILES string of the molecule is CC1CCCN(c2ccc([N+](=O)[O-])cc2I)C1CN. The van der Waals surface area contributed by atoms with Crippen LogP contribution in [0.5, 0.6) is 0 Å². The van der Waals surface area contributed by atoms with Crippen molar-refractivity contribution in [3.8, 4) is 0 Å². The highest BCUT2D eigenvalue weighted by molar-refractivity contribution is 14.1. The summed E-state index contributed by atoms with van der Waals surface area (Å²) >= 11 is 2.17. The van der Waals surface area contributed by atoms with Crippen molar-refractivity contribution in [1.82, 2.24) is 0 Å². The predicted octanol–water partition coefficient (Wildman–Crippen LogP) is 2.76. The topological polar surface area (TPSA) is 72.4 Å². The molecule has 0 spiro atoms. The van der Waals surface area contributed by atoms with Crippen LogP contribution in [-0.4, -0.2) is 24.1 Å². The minimum atomic E-state index is -0.356. The van der Waals surface area contributed by atoms with Crippen molar-refractivity contribution in [3.05, 3.63) is 31.9 Å². The first-order valence-electron chi connectivity index (χ1n) is 6.45. The van der Waals surface area contributed by atoms with Crippen LogP contribution in [0.1, 0.15) is 19.8 Å². The summed E-state index contributed by atoms with van der Waals surface area (Å²) in [5.74, 6) is 0.560. The van der Waals surface area contributed by atoms with Crippen molar-refractivity contribution in [2.24, 2.45) is 11.7 Å². The minimum absolute atomic E-state index is 0.141. The normalized spacial score (nSPS) is 23.4. The second-order valence-electron chi connectivity index (χ2n) is 5.01. The number of halogens is 1. The Bertz CT molecular complexity index is 481. The van der Waals surface area contributed by atoms with E-state index in [1.807, 2.05) is 6.07 Å². The van der Waals surface area contributed by atoms with Crippen LogP contribution in [0.2, 0.25) is 0 Å². The highest BCUT2D eigenvalue weighted by Crippen LogP contribution is 2.33.